The van der Waals surface area contributed by atoms with Crippen molar-refractivity contribution in [3.63, 3.8) is 0 Å². The molecular formula is C5H12OY. The van der Waals surface area contributed by atoms with Gasteiger partial charge in [-0.25, -0.2) is 0 Å². The molecule has 0 spiro atoms. The van der Waals surface area contributed by atoms with E-state index in [9.17, 15) is 0 Å². The zero-order valence-corrected chi connectivity index (χ0v) is 8.11. The Kier molecular flexibility index (Phi) is 6.00. The third-order valence-corrected chi connectivity index (χ3v) is 3.17. The molecule has 2 heteroatoms. The molecule has 0 aliphatic rings. The van der Waals surface area contributed by atoms with Crippen molar-refractivity contribution in [1.29, 1.82) is 0 Å². The fraction of sp³-hybridized carbons (Fsp3) is 1.00. The standard InChI is InChI=1S/C3H7.C2H5O.Y/c1-3-2;1-2-3;/h3H,1-2H3;2H2,1H3;/q;-1;+1. The van der Waals surface area contributed by atoms with Gasteiger partial charge in [0, 0.05) is 0 Å². The van der Waals surface area contributed by atoms with Crippen molar-refractivity contribution < 1.29 is 31.8 Å². The molecule has 0 rings (SSSR count). The Bertz CT molecular complexity index is 37.1. The maximum atomic E-state index is 5.28. The molecule has 1 nitrogen and oxygen atoms in total. The first-order valence-electron chi connectivity index (χ1n) is 2.72. The van der Waals surface area contributed by atoms with Gasteiger partial charge in [0.15, 0.2) is 0 Å². The predicted molar refractivity (Wildman–Crippen MR) is 26.7 cm³/mol. The average Bonchev–Trinajstić information content (AvgIpc) is 1.61. The van der Waals surface area contributed by atoms with Gasteiger partial charge >= 0.3 is 61.9 Å². The van der Waals surface area contributed by atoms with Gasteiger partial charge < -0.3 is 0 Å². The van der Waals surface area contributed by atoms with Gasteiger partial charge in [0.2, 0.25) is 0 Å². The predicted octanol–water partition coefficient (Wildman–Crippen LogP) is 1.85. The second-order valence-electron chi connectivity index (χ2n) is 1.84. The first kappa shape index (κ1) is 8.06. The Labute approximate surface area is 61.6 Å². The van der Waals surface area contributed by atoms with Gasteiger partial charge in [0.25, 0.3) is 0 Å². The summed E-state index contributed by atoms with van der Waals surface area (Å²) in [7, 11) is 0. The van der Waals surface area contributed by atoms with Crippen LogP contribution in [0.25, 0.3) is 0 Å². The molecule has 0 amide bonds. The van der Waals surface area contributed by atoms with Crippen LogP contribution < -0.4 is 0 Å². The molecule has 0 N–H and O–H groups in total. The van der Waals surface area contributed by atoms with E-state index in [1.54, 1.807) is 0 Å². The summed E-state index contributed by atoms with van der Waals surface area (Å²) < 4.78 is 6.16. The number of rotatable bonds is 3. The van der Waals surface area contributed by atoms with E-state index in [4.69, 9.17) is 2.05 Å². The van der Waals surface area contributed by atoms with Crippen LogP contribution in [0.5, 0.6) is 0 Å². The van der Waals surface area contributed by atoms with Crippen LogP contribution in [-0.2, 0) is 31.8 Å². The van der Waals surface area contributed by atoms with Gasteiger partial charge in [0.05, 0.1) is 0 Å². The van der Waals surface area contributed by atoms with Crippen LogP contribution in [0.2, 0.25) is 2.73 Å². The van der Waals surface area contributed by atoms with Crippen LogP contribution in [0, 0.1) is 0 Å². The summed E-state index contributed by atoms with van der Waals surface area (Å²) in [5.74, 6) is 0. The molecule has 41 valence electrons. The van der Waals surface area contributed by atoms with E-state index in [1.165, 1.54) is 0 Å². The van der Waals surface area contributed by atoms with E-state index < -0.39 is 29.7 Å². The molecule has 0 heterocycles. The Morgan fingerprint density at radius 3 is 2.29 bits per heavy atom. The maximum absolute atomic E-state index is 5.28. The van der Waals surface area contributed by atoms with Gasteiger partial charge in [-0.3, -0.25) is 0 Å². The molecule has 0 aromatic heterocycles. The summed E-state index contributed by atoms with van der Waals surface area (Å²) in [6.45, 7) is 7.46. The second-order valence-corrected chi connectivity index (χ2v) is 6.60. The third-order valence-electron chi connectivity index (χ3n) is 0.535. The first-order chi connectivity index (χ1) is 3.27. The molecule has 0 atom stereocenters. The van der Waals surface area contributed by atoms with Crippen molar-refractivity contribution in [3.05, 3.63) is 0 Å². The van der Waals surface area contributed by atoms with E-state index in [1.807, 2.05) is 0 Å². The quantitative estimate of drug-likeness (QED) is 0.639. The Balaban J connectivity index is 2.68. The van der Waals surface area contributed by atoms with Crippen LogP contribution in [-0.4, -0.2) is 6.61 Å². The van der Waals surface area contributed by atoms with Gasteiger partial charge in [-0.1, -0.05) is 0 Å². The minimum absolute atomic E-state index is 0.542. The Hall–Kier alpha value is 1.06. The summed E-state index contributed by atoms with van der Waals surface area (Å²) in [5, 5.41) is 0. The normalized spacial score (nSPS) is 9.14. The third kappa shape index (κ3) is 7.06. The molecule has 0 saturated carbocycles. The van der Waals surface area contributed by atoms with Crippen LogP contribution in [0.15, 0.2) is 0 Å². The zero-order chi connectivity index (χ0) is 5.70. The van der Waals surface area contributed by atoms with Gasteiger partial charge in [-0.05, 0) is 0 Å². The van der Waals surface area contributed by atoms with Crippen LogP contribution in [0.4, 0.5) is 0 Å². The van der Waals surface area contributed by atoms with Crippen molar-refractivity contribution in [1.82, 2.24) is 0 Å². The van der Waals surface area contributed by atoms with E-state index in [0.29, 0.717) is 0 Å². The monoisotopic (exact) mass is 177 g/mol. The van der Waals surface area contributed by atoms with E-state index in [0.717, 1.165) is 9.34 Å². The topological polar surface area (TPSA) is 9.23 Å². The summed E-state index contributed by atoms with van der Waals surface area (Å²) in [6, 6.07) is 0. The van der Waals surface area contributed by atoms with Crippen molar-refractivity contribution >= 4 is 0 Å². The fourth-order valence-corrected chi connectivity index (χ4v) is 1.71. The van der Waals surface area contributed by atoms with Crippen LogP contribution in [0.3, 0.4) is 0 Å². The summed E-state index contributed by atoms with van der Waals surface area (Å²) in [6.07, 6.45) is 0. The molecule has 0 aromatic rings. The zero-order valence-electron chi connectivity index (χ0n) is 5.27. The van der Waals surface area contributed by atoms with E-state index in [-0.39, 0.29) is 0 Å². The number of hydrogen-bond donors (Lipinski definition) is 0. The summed E-state index contributed by atoms with van der Waals surface area (Å²) in [4.78, 5) is 0. The molecule has 0 fully saturated rings. The molecule has 0 bridgehead atoms. The second kappa shape index (κ2) is 5.21. The molecular weight excluding hydrogens is 165 g/mol. The molecule has 0 aromatic carbocycles. The summed E-state index contributed by atoms with van der Waals surface area (Å²) in [5.41, 5.74) is 0. The molecule has 7 heavy (non-hydrogen) atoms. The average molecular weight is 177 g/mol. The van der Waals surface area contributed by atoms with Gasteiger partial charge in [0.1, 0.15) is 0 Å². The summed E-state index contributed by atoms with van der Waals surface area (Å²) >= 11 is -0.542. The van der Waals surface area contributed by atoms with Crippen LogP contribution >= 0.6 is 0 Å². The van der Waals surface area contributed by atoms with E-state index >= 15 is 0 Å². The Morgan fingerprint density at radius 1 is 1.57 bits per heavy atom. The van der Waals surface area contributed by atoms with Gasteiger partial charge in [-0.15, -0.1) is 0 Å². The molecule has 0 aliphatic carbocycles. The SMILES string of the molecule is CC[O][Y][CH](C)C. The van der Waals surface area contributed by atoms with E-state index in [2.05, 4.69) is 20.8 Å². The van der Waals surface area contributed by atoms with Gasteiger partial charge in [-0.2, -0.15) is 0 Å². The van der Waals surface area contributed by atoms with Crippen molar-refractivity contribution in [2.45, 2.75) is 23.5 Å². The fourth-order valence-electron chi connectivity index (χ4n) is 0.289. The molecule has 0 radical (unpaired) electrons. The minimum atomic E-state index is -0.542. The molecule has 0 aliphatic heterocycles. The first-order valence-corrected chi connectivity index (χ1v) is 5.52. The number of hydrogen-bond acceptors (Lipinski definition) is 1. The molecule has 0 unspecified atom stereocenters. The van der Waals surface area contributed by atoms with Crippen LogP contribution in [0.1, 0.15) is 20.8 Å². The Morgan fingerprint density at radius 2 is 2.14 bits per heavy atom. The van der Waals surface area contributed by atoms with Crippen molar-refractivity contribution in [3.8, 4) is 0 Å². The van der Waals surface area contributed by atoms with Crippen molar-refractivity contribution in [2.24, 2.45) is 0 Å². The van der Waals surface area contributed by atoms with Crippen molar-refractivity contribution in [2.75, 3.05) is 6.61 Å². The molecule has 0 saturated heterocycles.